The van der Waals surface area contributed by atoms with Crippen molar-refractivity contribution in [3.63, 3.8) is 0 Å². The van der Waals surface area contributed by atoms with E-state index < -0.39 is 6.17 Å². The zero-order valence-electron chi connectivity index (χ0n) is 7.64. The summed E-state index contributed by atoms with van der Waals surface area (Å²) in [5.74, 6) is 0. The van der Waals surface area contributed by atoms with Crippen molar-refractivity contribution in [1.29, 1.82) is 0 Å². The number of alkyl halides is 1. The summed E-state index contributed by atoms with van der Waals surface area (Å²) in [5, 5.41) is 0. The van der Waals surface area contributed by atoms with Gasteiger partial charge in [0.1, 0.15) is 6.17 Å². The molecular weight excluding hydrogens is 153 g/mol. The van der Waals surface area contributed by atoms with Gasteiger partial charge in [0.05, 0.1) is 0 Å². The predicted octanol–water partition coefficient (Wildman–Crippen LogP) is 2.36. The maximum Gasteiger partial charge on any atom is 0.100 e. The predicted molar refractivity (Wildman–Crippen MR) is 48.0 cm³/mol. The molecule has 2 aliphatic rings. The van der Waals surface area contributed by atoms with E-state index in [4.69, 9.17) is 0 Å². The Hall–Kier alpha value is -0.110. The van der Waals surface area contributed by atoms with Gasteiger partial charge in [-0.2, -0.15) is 0 Å². The average molecular weight is 171 g/mol. The van der Waals surface area contributed by atoms with Crippen LogP contribution in [-0.4, -0.2) is 30.2 Å². The highest BCUT2D eigenvalue weighted by Crippen LogP contribution is 2.27. The van der Waals surface area contributed by atoms with E-state index in [2.05, 4.69) is 4.90 Å². The van der Waals surface area contributed by atoms with Crippen molar-refractivity contribution in [2.75, 3.05) is 13.1 Å². The van der Waals surface area contributed by atoms with E-state index in [-0.39, 0.29) is 0 Å². The summed E-state index contributed by atoms with van der Waals surface area (Å²) >= 11 is 0. The number of likely N-dealkylation sites (tertiary alicyclic amines) is 1. The van der Waals surface area contributed by atoms with Crippen molar-refractivity contribution in [2.45, 2.75) is 50.7 Å². The van der Waals surface area contributed by atoms with Gasteiger partial charge in [-0.1, -0.05) is 0 Å². The molecule has 2 fully saturated rings. The van der Waals surface area contributed by atoms with Crippen LogP contribution < -0.4 is 0 Å². The molecule has 1 nitrogen and oxygen atoms in total. The summed E-state index contributed by atoms with van der Waals surface area (Å²) in [6.45, 7) is 2.53. The zero-order chi connectivity index (χ0) is 8.39. The van der Waals surface area contributed by atoms with Crippen LogP contribution in [-0.2, 0) is 0 Å². The maximum atomic E-state index is 12.8. The molecule has 0 atom stereocenters. The van der Waals surface area contributed by atoms with Crippen molar-refractivity contribution in [1.82, 2.24) is 4.90 Å². The van der Waals surface area contributed by atoms with Crippen molar-refractivity contribution in [3.8, 4) is 0 Å². The van der Waals surface area contributed by atoms with E-state index in [1.54, 1.807) is 0 Å². The largest absolute Gasteiger partial charge is 0.300 e. The van der Waals surface area contributed by atoms with E-state index in [0.717, 1.165) is 31.7 Å². The maximum absolute atomic E-state index is 12.8. The lowest BCUT2D eigenvalue weighted by Gasteiger charge is -2.31. The Morgan fingerprint density at radius 1 is 0.917 bits per heavy atom. The Morgan fingerprint density at radius 2 is 1.50 bits per heavy atom. The van der Waals surface area contributed by atoms with E-state index >= 15 is 0 Å². The van der Waals surface area contributed by atoms with Crippen LogP contribution >= 0.6 is 0 Å². The topological polar surface area (TPSA) is 3.24 Å². The molecule has 0 N–H and O–H groups in total. The summed E-state index contributed by atoms with van der Waals surface area (Å²) in [6.07, 6.45) is 6.03. The van der Waals surface area contributed by atoms with Crippen molar-refractivity contribution < 1.29 is 4.39 Å². The second kappa shape index (κ2) is 3.73. The van der Waals surface area contributed by atoms with Gasteiger partial charge >= 0.3 is 0 Å². The van der Waals surface area contributed by atoms with Crippen LogP contribution in [0.2, 0.25) is 0 Å². The second-order valence-electron chi connectivity index (χ2n) is 4.15. The molecule has 1 aliphatic carbocycles. The first kappa shape index (κ1) is 8.49. The fraction of sp³-hybridized carbons (Fsp3) is 1.00. The molecule has 12 heavy (non-hydrogen) atoms. The van der Waals surface area contributed by atoms with Gasteiger partial charge in [0.25, 0.3) is 0 Å². The van der Waals surface area contributed by atoms with Gasteiger partial charge in [-0.15, -0.1) is 0 Å². The number of hydrogen-bond acceptors (Lipinski definition) is 1. The molecule has 0 aromatic heterocycles. The van der Waals surface area contributed by atoms with Gasteiger partial charge in [-0.05, 0) is 51.6 Å². The molecule has 0 radical (unpaired) electrons. The molecule has 2 rings (SSSR count). The van der Waals surface area contributed by atoms with Crippen LogP contribution in [0, 0.1) is 0 Å². The van der Waals surface area contributed by atoms with E-state index in [1.807, 2.05) is 0 Å². The van der Waals surface area contributed by atoms with Gasteiger partial charge in [0, 0.05) is 6.04 Å². The first-order valence-electron chi connectivity index (χ1n) is 5.24. The number of hydrogen-bond donors (Lipinski definition) is 0. The highest BCUT2D eigenvalue weighted by Gasteiger charge is 2.26. The second-order valence-corrected chi connectivity index (χ2v) is 4.15. The number of rotatable bonds is 1. The molecular formula is C10H18FN. The third-order valence-corrected chi connectivity index (χ3v) is 3.28. The molecule has 1 saturated carbocycles. The Kier molecular flexibility index (Phi) is 2.64. The Bertz CT molecular complexity index is 135. The lowest BCUT2D eigenvalue weighted by Crippen LogP contribution is -2.36. The highest BCUT2D eigenvalue weighted by atomic mass is 19.1. The lowest BCUT2D eigenvalue weighted by atomic mass is 9.93. The third-order valence-electron chi connectivity index (χ3n) is 3.28. The smallest absolute Gasteiger partial charge is 0.100 e. The minimum Gasteiger partial charge on any atom is -0.300 e. The van der Waals surface area contributed by atoms with E-state index in [9.17, 15) is 4.39 Å². The lowest BCUT2D eigenvalue weighted by molar-refractivity contribution is 0.141. The van der Waals surface area contributed by atoms with Crippen LogP contribution in [0.15, 0.2) is 0 Å². The van der Waals surface area contributed by atoms with Crippen LogP contribution in [0.5, 0.6) is 0 Å². The standard InChI is InChI=1S/C10H18FN/c11-9-3-5-10(6-4-9)12-7-1-2-8-12/h9-10H,1-8H2. The van der Waals surface area contributed by atoms with Crippen LogP contribution in [0.1, 0.15) is 38.5 Å². The fourth-order valence-corrected chi connectivity index (χ4v) is 2.51. The molecule has 2 heteroatoms. The van der Waals surface area contributed by atoms with Gasteiger partial charge in [-0.25, -0.2) is 4.39 Å². The quantitative estimate of drug-likeness (QED) is 0.585. The number of halogens is 1. The first-order valence-corrected chi connectivity index (χ1v) is 5.24. The molecule has 0 aromatic rings. The number of nitrogens with zero attached hydrogens (tertiary/aromatic N) is 1. The molecule has 1 aliphatic heterocycles. The molecule has 0 bridgehead atoms. The summed E-state index contributed by atoms with van der Waals surface area (Å²) < 4.78 is 12.8. The zero-order valence-corrected chi connectivity index (χ0v) is 7.64. The summed E-state index contributed by atoms with van der Waals surface area (Å²) in [6, 6.07) is 0.722. The monoisotopic (exact) mass is 171 g/mol. The van der Waals surface area contributed by atoms with Crippen LogP contribution in [0.25, 0.3) is 0 Å². The highest BCUT2D eigenvalue weighted by molar-refractivity contribution is 4.81. The fourth-order valence-electron chi connectivity index (χ4n) is 2.51. The van der Waals surface area contributed by atoms with Crippen molar-refractivity contribution in [2.24, 2.45) is 0 Å². The Labute approximate surface area is 73.9 Å². The molecule has 70 valence electrons. The summed E-state index contributed by atoms with van der Waals surface area (Å²) in [4.78, 5) is 2.56. The Balaban J connectivity index is 1.80. The minimum absolute atomic E-state index is 0.496. The molecule has 1 heterocycles. The van der Waals surface area contributed by atoms with E-state index in [1.165, 1.54) is 25.9 Å². The van der Waals surface area contributed by atoms with Crippen molar-refractivity contribution in [3.05, 3.63) is 0 Å². The minimum atomic E-state index is -0.496. The summed E-state index contributed by atoms with van der Waals surface area (Å²) in [7, 11) is 0. The molecule has 0 unspecified atom stereocenters. The molecule has 0 spiro atoms. The van der Waals surface area contributed by atoms with Crippen LogP contribution in [0.4, 0.5) is 4.39 Å². The Morgan fingerprint density at radius 3 is 2.08 bits per heavy atom. The normalized spacial score (nSPS) is 38.8. The average Bonchev–Trinajstić information content (AvgIpc) is 2.58. The van der Waals surface area contributed by atoms with Gasteiger partial charge in [0.15, 0.2) is 0 Å². The van der Waals surface area contributed by atoms with Gasteiger partial charge in [0.2, 0.25) is 0 Å². The van der Waals surface area contributed by atoms with Gasteiger partial charge in [-0.3, -0.25) is 0 Å². The van der Waals surface area contributed by atoms with Crippen molar-refractivity contribution >= 4 is 0 Å². The van der Waals surface area contributed by atoms with E-state index in [0.29, 0.717) is 0 Å². The third kappa shape index (κ3) is 1.79. The van der Waals surface area contributed by atoms with Gasteiger partial charge < -0.3 is 4.90 Å². The SMILES string of the molecule is FC1CCC(N2CCCC2)CC1. The molecule has 0 amide bonds. The van der Waals surface area contributed by atoms with Crippen LogP contribution in [0.3, 0.4) is 0 Å². The molecule has 1 saturated heterocycles. The molecule has 0 aromatic carbocycles. The summed E-state index contributed by atoms with van der Waals surface area (Å²) in [5.41, 5.74) is 0. The first-order chi connectivity index (χ1) is 5.86.